The molecule has 2 rings (SSSR count). The van der Waals surface area contributed by atoms with Gasteiger partial charge in [-0.2, -0.15) is 0 Å². The molecule has 0 bridgehead atoms. The van der Waals surface area contributed by atoms with Gasteiger partial charge in [0.05, 0.1) is 5.52 Å². The van der Waals surface area contributed by atoms with Crippen molar-refractivity contribution in [2.24, 2.45) is 12.9 Å². The fourth-order valence-corrected chi connectivity index (χ4v) is 1.86. The molecule has 0 saturated carbocycles. The van der Waals surface area contributed by atoms with Crippen LogP contribution in [0.5, 0.6) is 0 Å². The zero-order chi connectivity index (χ0) is 13.1. The highest BCUT2D eigenvalue weighted by Crippen LogP contribution is 2.15. The number of hydrogen-bond donors (Lipinski definition) is 2. The van der Waals surface area contributed by atoms with Crippen LogP contribution in [0.2, 0.25) is 0 Å². The maximum absolute atomic E-state index is 11.3. The van der Waals surface area contributed by atoms with Gasteiger partial charge in [-0.25, -0.2) is 10.6 Å². The first kappa shape index (κ1) is 12.4. The van der Waals surface area contributed by atoms with Crippen molar-refractivity contribution >= 4 is 17.0 Å². The summed E-state index contributed by atoms with van der Waals surface area (Å²) in [4.78, 5) is 22.3. The smallest absolute Gasteiger partial charge is 0.408 e. The first-order valence-electron chi connectivity index (χ1n) is 5.69. The van der Waals surface area contributed by atoms with E-state index in [2.05, 4.69) is 5.43 Å². The molecule has 96 valence electrons. The van der Waals surface area contributed by atoms with E-state index >= 15 is 0 Å². The number of benzene rings is 1. The first-order chi connectivity index (χ1) is 8.61. The van der Waals surface area contributed by atoms with Crippen molar-refractivity contribution in [2.75, 3.05) is 0 Å². The van der Waals surface area contributed by atoms with E-state index in [0.29, 0.717) is 18.4 Å². The van der Waals surface area contributed by atoms with E-state index in [1.807, 2.05) is 18.2 Å². The van der Waals surface area contributed by atoms with Gasteiger partial charge in [-0.05, 0) is 30.5 Å². The lowest BCUT2D eigenvalue weighted by Crippen LogP contribution is -2.29. The number of aryl methyl sites for hydroxylation is 2. The molecule has 1 aromatic carbocycles. The van der Waals surface area contributed by atoms with Crippen LogP contribution < -0.4 is 17.0 Å². The molecule has 2 aromatic rings. The second-order valence-corrected chi connectivity index (χ2v) is 4.15. The zero-order valence-electron chi connectivity index (χ0n) is 10.1. The van der Waals surface area contributed by atoms with Crippen molar-refractivity contribution in [2.45, 2.75) is 19.3 Å². The Kier molecular flexibility index (Phi) is 3.47. The third kappa shape index (κ3) is 2.43. The number of carbonyl (C=O) groups is 1. The number of oxazole rings is 1. The molecule has 0 aliphatic heterocycles. The average Bonchev–Trinajstić information content (AvgIpc) is 2.64. The summed E-state index contributed by atoms with van der Waals surface area (Å²) in [5.41, 5.74) is 4.46. The lowest BCUT2D eigenvalue weighted by molar-refractivity contribution is -0.121. The summed E-state index contributed by atoms with van der Waals surface area (Å²) in [6, 6.07) is 5.60. The molecule has 0 radical (unpaired) electrons. The Morgan fingerprint density at radius 1 is 1.50 bits per heavy atom. The number of nitrogens with one attached hydrogen (secondary N) is 1. The maximum atomic E-state index is 11.3. The topological polar surface area (TPSA) is 90.3 Å². The average molecular weight is 249 g/mol. The van der Waals surface area contributed by atoms with Crippen LogP contribution in [-0.4, -0.2) is 10.5 Å². The number of nitrogens with two attached hydrogens (primary N) is 1. The Morgan fingerprint density at radius 3 is 3.00 bits per heavy atom. The monoisotopic (exact) mass is 249 g/mol. The van der Waals surface area contributed by atoms with Crippen molar-refractivity contribution in [3.63, 3.8) is 0 Å². The van der Waals surface area contributed by atoms with Gasteiger partial charge in [-0.3, -0.25) is 14.8 Å². The quantitative estimate of drug-likeness (QED) is 0.467. The van der Waals surface area contributed by atoms with Crippen molar-refractivity contribution < 1.29 is 9.21 Å². The molecular weight excluding hydrogens is 234 g/mol. The Bertz CT molecular complexity index is 627. The number of rotatable bonds is 4. The molecule has 6 nitrogen and oxygen atoms in total. The molecule has 0 fully saturated rings. The lowest BCUT2D eigenvalue weighted by atomic mass is 10.1. The summed E-state index contributed by atoms with van der Waals surface area (Å²) in [6.07, 6.45) is 1.82. The second kappa shape index (κ2) is 5.05. The van der Waals surface area contributed by atoms with Crippen molar-refractivity contribution in [1.82, 2.24) is 9.99 Å². The van der Waals surface area contributed by atoms with Crippen LogP contribution >= 0.6 is 0 Å². The Labute approximate surface area is 103 Å². The van der Waals surface area contributed by atoms with Crippen molar-refractivity contribution in [1.29, 1.82) is 0 Å². The molecule has 18 heavy (non-hydrogen) atoms. The van der Waals surface area contributed by atoms with E-state index in [1.165, 1.54) is 4.57 Å². The van der Waals surface area contributed by atoms with E-state index in [1.54, 1.807) is 7.05 Å². The molecule has 0 spiro atoms. The van der Waals surface area contributed by atoms with Crippen LogP contribution in [0.3, 0.4) is 0 Å². The number of hydrazine groups is 1. The summed E-state index contributed by atoms with van der Waals surface area (Å²) < 4.78 is 6.56. The maximum Gasteiger partial charge on any atom is 0.419 e. The fourth-order valence-electron chi connectivity index (χ4n) is 1.86. The third-order valence-corrected chi connectivity index (χ3v) is 2.89. The van der Waals surface area contributed by atoms with Crippen molar-refractivity contribution in [3.8, 4) is 0 Å². The van der Waals surface area contributed by atoms with E-state index < -0.39 is 0 Å². The Morgan fingerprint density at radius 2 is 2.28 bits per heavy atom. The molecule has 6 heteroatoms. The van der Waals surface area contributed by atoms with Gasteiger partial charge in [-0.15, -0.1) is 0 Å². The van der Waals surface area contributed by atoms with Crippen LogP contribution in [0.15, 0.2) is 27.4 Å². The second-order valence-electron chi connectivity index (χ2n) is 4.15. The van der Waals surface area contributed by atoms with Crippen LogP contribution in [0.1, 0.15) is 18.4 Å². The molecular formula is C12H15N3O3. The minimum Gasteiger partial charge on any atom is -0.408 e. The van der Waals surface area contributed by atoms with Crippen molar-refractivity contribution in [3.05, 3.63) is 34.3 Å². The minimum absolute atomic E-state index is 0.178. The number of nitrogens with zero attached hydrogens (tertiary/aromatic N) is 1. The standard InChI is InChI=1S/C12H15N3O3/c1-15-9-6-5-8(3-2-4-11(16)14-13)7-10(9)18-12(15)17/h5-7H,2-4,13H2,1H3,(H,14,16). The fraction of sp³-hybridized carbons (Fsp3) is 0.333. The van der Waals surface area contributed by atoms with Gasteiger partial charge in [0.1, 0.15) is 0 Å². The summed E-state index contributed by atoms with van der Waals surface area (Å²) in [5, 5.41) is 0. The predicted molar refractivity (Wildman–Crippen MR) is 66.7 cm³/mol. The van der Waals surface area contributed by atoms with Gasteiger partial charge >= 0.3 is 5.76 Å². The Hall–Kier alpha value is -2.08. The number of hydrogen-bond acceptors (Lipinski definition) is 4. The van der Waals surface area contributed by atoms with Gasteiger partial charge in [0.2, 0.25) is 5.91 Å². The molecule has 1 heterocycles. The lowest BCUT2D eigenvalue weighted by Gasteiger charge is -2.01. The van der Waals surface area contributed by atoms with Gasteiger partial charge < -0.3 is 4.42 Å². The zero-order valence-corrected chi connectivity index (χ0v) is 10.1. The van der Waals surface area contributed by atoms with E-state index in [-0.39, 0.29) is 11.7 Å². The number of aromatic nitrogens is 1. The summed E-state index contributed by atoms with van der Waals surface area (Å²) >= 11 is 0. The van der Waals surface area contributed by atoms with Crippen LogP contribution in [0.25, 0.3) is 11.1 Å². The minimum atomic E-state index is -0.371. The van der Waals surface area contributed by atoms with Crippen LogP contribution in [0, 0.1) is 0 Å². The molecule has 3 N–H and O–H groups in total. The third-order valence-electron chi connectivity index (χ3n) is 2.89. The van der Waals surface area contributed by atoms with E-state index in [4.69, 9.17) is 10.3 Å². The first-order valence-corrected chi connectivity index (χ1v) is 5.69. The molecule has 0 atom stereocenters. The molecule has 0 unspecified atom stereocenters. The van der Waals surface area contributed by atoms with Crippen LogP contribution in [-0.2, 0) is 18.3 Å². The summed E-state index contributed by atoms with van der Waals surface area (Å²) in [5.74, 6) is 4.44. The van der Waals surface area contributed by atoms with Gasteiger partial charge in [0.25, 0.3) is 0 Å². The molecule has 0 saturated heterocycles. The molecule has 1 aromatic heterocycles. The molecule has 1 amide bonds. The number of carbonyl (C=O) groups excluding carboxylic acids is 1. The van der Waals surface area contributed by atoms with Gasteiger partial charge in [0.15, 0.2) is 5.58 Å². The highest BCUT2D eigenvalue weighted by molar-refractivity contribution is 5.75. The predicted octanol–water partition coefficient (Wildman–Crippen LogP) is 0.444. The summed E-state index contributed by atoms with van der Waals surface area (Å²) in [6.45, 7) is 0. The number of amides is 1. The molecule has 0 aliphatic carbocycles. The highest BCUT2D eigenvalue weighted by Gasteiger charge is 2.06. The van der Waals surface area contributed by atoms with Gasteiger partial charge in [-0.1, -0.05) is 6.07 Å². The van der Waals surface area contributed by atoms with Gasteiger partial charge in [0, 0.05) is 13.5 Å². The normalized spacial score (nSPS) is 10.8. The Balaban J connectivity index is 2.11. The largest absolute Gasteiger partial charge is 0.419 e. The SMILES string of the molecule is Cn1c(=O)oc2cc(CCCC(=O)NN)ccc21. The van der Waals surface area contributed by atoms with E-state index in [0.717, 1.165) is 17.5 Å². The number of fused-ring (bicyclic) bond motifs is 1. The summed E-state index contributed by atoms with van der Waals surface area (Å²) in [7, 11) is 1.67. The highest BCUT2D eigenvalue weighted by atomic mass is 16.4. The van der Waals surface area contributed by atoms with E-state index in [9.17, 15) is 9.59 Å². The van der Waals surface area contributed by atoms with Crippen LogP contribution in [0.4, 0.5) is 0 Å². The molecule has 0 aliphatic rings.